The first-order chi connectivity index (χ1) is 13.8. The molecule has 0 aliphatic carbocycles. The van der Waals surface area contributed by atoms with Crippen LogP contribution in [0.3, 0.4) is 0 Å². The van der Waals surface area contributed by atoms with Gasteiger partial charge in [0.05, 0.1) is 0 Å². The normalized spacial score (nSPS) is 13.5. The van der Waals surface area contributed by atoms with Gasteiger partial charge in [-0.05, 0) is 45.4 Å². The first-order valence-corrected chi connectivity index (χ1v) is 12.9. The molecule has 0 bridgehead atoms. The Hall–Kier alpha value is -0.280. The maximum Gasteiger partial charge on any atom is 0.220 e. The molecule has 0 rings (SSSR count). The molecule has 0 aromatic heterocycles. The van der Waals surface area contributed by atoms with Gasteiger partial charge < -0.3 is 11.1 Å². The molecule has 0 radical (unpaired) electrons. The number of unbranched alkanes of at least 4 members (excludes halogenated alkanes) is 11. The van der Waals surface area contributed by atoms with Gasteiger partial charge in [0.15, 0.2) is 0 Å². The zero-order chi connectivity index (χ0) is 22.0. The van der Waals surface area contributed by atoms with E-state index in [1.54, 1.807) is 0 Å². The summed E-state index contributed by atoms with van der Waals surface area (Å²) in [4.78, 5) is 12.4. The van der Waals surface area contributed by atoms with Crippen LogP contribution in [0.15, 0.2) is 0 Å². The monoisotopic (exact) mass is 446 g/mol. The number of amides is 1. The van der Waals surface area contributed by atoms with Gasteiger partial charge in [-0.15, -0.1) is 12.4 Å². The fourth-order valence-electron chi connectivity index (χ4n) is 4.38. The van der Waals surface area contributed by atoms with Crippen LogP contribution in [0, 0.1) is 5.92 Å². The minimum atomic E-state index is -0.177. The number of halogens is 1. The van der Waals surface area contributed by atoms with Gasteiger partial charge in [0.25, 0.3) is 0 Å². The Labute approximate surface area is 195 Å². The van der Waals surface area contributed by atoms with E-state index in [4.69, 9.17) is 5.73 Å². The van der Waals surface area contributed by atoms with Crippen molar-refractivity contribution in [1.29, 1.82) is 0 Å². The molecule has 30 heavy (non-hydrogen) atoms. The molecule has 0 fully saturated rings. The van der Waals surface area contributed by atoms with E-state index in [0.29, 0.717) is 12.3 Å². The highest BCUT2D eigenvalue weighted by molar-refractivity contribution is 5.85. The third-order valence-corrected chi connectivity index (χ3v) is 6.08. The van der Waals surface area contributed by atoms with Gasteiger partial charge in [-0.1, -0.05) is 97.8 Å². The predicted octanol–water partition coefficient (Wildman–Crippen LogP) is 7.94. The fourth-order valence-corrected chi connectivity index (χ4v) is 4.38. The van der Waals surface area contributed by atoms with Crippen molar-refractivity contribution in [2.75, 3.05) is 0 Å². The second-order valence-electron chi connectivity index (χ2n) is 9.96. The molecule has 0 saturated carbocycles. The maximum absolute atomic E-state index is 12.4. The molecule has 182 valence electrons. The van der Waals surface area contributed by atoms with E-state index in [9.17, 15) is 4.79 Å². The summed E-state index contributed by atoms with van der Waals surface area (Å²) in [5, 5.41) is 3.35. The summed E-state index contributed by atoms with van der Waals surface area (Å²) in [7, 11) is 0. The molecule has 0 aliphatic heterocycles. The molecule has 4 heteroatoms. The predicted molar refractivity (Wildman–Crippen MR) is 136 cm³/mol. The van der Waals surface area contributed by atoms with Crippen molar-refractivity contribution in [1.82, 2.24) is 5.32 Å². The summed E-state index contributed by atoms with van der Waals surface area (Å²) in [5.41, 5.74) is 6.19. The molecule has 3 nitrogen and oxygen atoms in total. The van der Waals surface area contributed by atoms with Gasteiger partial charge >= 0.3 is 0 Å². The van der Waals surface area contributed by atoms with Crippen LogP contribution in [0.1, 0.15) is 144 Å². The Morgan fingerprint density at radius 3 is 1.73 bits per heavy atom. The van der Waals surface area contributed by atoms with E-state index < -0.39 is 0 Å². The van der Waals surface area contributed by atoms with Crippen LogP contribution in [0.2, 0.25) is 0 Å². The van der Waals surface area contributed by atoms with E-state index in [0.717, 1.165) is 19.3 Å². The molecule has 1 amide bonds. The third kappa shape index (κ3) is 19.7. The minimum absolute atomic E-state index is 0. The highest BCUT2D eigenvalue weighted by Gasteiger charge is 2.26. The van der Waals surface area contributed by atoms with Gasteiger partial charge in [-0.25, -0.2) is 0 Å². The van der Waals surface area contributed by atoms with Crippen molar-refractivity contribution >= 4 is 18.3 Å². The SMILES string of the molecule is CCCCCCCCCCCC(CC(C)(C)N)C(CC)NC(=O)CCCCCC.Cl. The van der Waals surface area contributed by atoms with Crippen LogP contribution in [0.4, 0.5) is 0 Å². The highest BCUT2D eigenvalue weighted by atomic mass is 35.5. The van der Waals surface area contributed by atoms with Gasteiger partial charge in [-0.2, -0.15) is 0 Å². The molecule has 0 heterocycles. The smallest absolute Gasteiger partial charge is 0.220 e. The molecular weight excluding hydrogens is 392 g/mol. The lowest BCUT2D eigenvalue weighted by molar-refractivity contribution is -0.122. The quantitative estimate of drug-likeness (QED) is 0.186. The second-order valence-corrected chi connectivity index (χ2v) is 9.96. The van der Waals surface area contributed by atoms with E-state index in [1.165, 1.54) is 83.5 Å². The van der Waals surface area contributed by atoms with Crippen LogP contribution in [0.25, 0.3) is 0 Å². The fraction of sp³-hybridized carbons (Fsp3) is 0.962. The van der Waals surface area contributed by atoms with Gasteiger partial charge in [0, 0.05) is 18.0 Å². The summed E-state index contributed by atoms with van der Waals surface area (Å²) in [6.45, 7) is 10.9. The average Bonchev–Trinajstić information content (AvgIpc) is 2.66. The van der Waals surface area contributed by atoms with Crippen molar-refractivity contribution in [3.05, 3.63) is 0 Å². The molecule has 0 spiro atoms. The Balaban J connectivity index is 0. The Morgan fingerprint density at radius 2 is 1.27 bits per heavy atom. The molecule has 0 aliphatic rings. The molecule has 0 aromatic rings. The molecular formula is C26H55ClN2O. The Morgan fingerprint density at radius 1 is 0.800 bits per heavy atom. The zero-order valence-corrected chi connectivity index (χ0v) is 21.9. The Bertz CT molecular complexity index is 382. The van der Waals surface area contributed by atoms with Gasteiger partial charge in [0.2, 0.25) is 5.91 Å². The molecule has 0 saturated heterocycles. The first-order valence-electron chi connectivity index (χ1n) is 12.9. The average molecular weight is 447 g/mol. The van der Waals surface area contributed by atoms with Gasteiger partial charge in [-0.3, -0.25) is 4.79 Å². The van der Waals surface area contributed by atoms with Gasteiger partial charge in [0.1, 0.15) is 0 Å². The van der Waals surface area contributed by atoms with E-state index in [1.807, 2.05) is 0 Å². The number of carbonyl (C=O) groups excluding carboxylic acids is 1. The van der Waals surface area contributed by atoms with Crippen LogP contribution in [-0.4, -0.2) is 17.5 Å². The number of nitrogens with one attached hydrogen (secondary N) is 1. The summed E-state index contributed by atoms with van der Waals surface area (Å²) < 4.78 is 0. The summed E-state index contributed by atoms with van der Waals surface area (Å²) in [6, 6.07) is 0.269. The summed E-state index contributed by atoms with van der Waals surface area (Å²) >= 11 is 0. The number of hydrogen-bond acceptors (Lipinski definition) is 2. The lowest BCUT2D eigenvalue weighted by Crippen LogP contribution is -2.44. The zero-order valence-electron chi connectivity index (χ0n) is 21.1. The first kappa shape index (κ1) is 31.9. The van der Waals surface area contributed by atoms with Crippen molar-refractivity contribution in [2.45, 2.75) is 155 Å². The van der Waals surface area contributed by atoms with Crippen LogP contribution in [0.5, 0.6) is 0 Å². The van der Waals surface area contributed by atoms with E-state index in [-0.39, 0.29) is 29.9 Å². The van der Waals surface area contributed by atoms with Crippen molar-refractivity contribution in [3.63, 3.8) is 0 Å². The number of carbonyl (C=O) groups is 1. The lowest BCUT2D eigenvalue weighted by Gasteiger charge is -2.32. The topological polar surface area (TPSA) is 55.1 Å². The molecule has 2 unspecified atom stereocenters. The number of nitrogens with two attached hydrogens (primary N) is 1. The van der Waals surface area contributed by atoms with E-state index >= 15 is 0 Å². The lowest BCUT2D eigenvalue weighted by atomic mass is 9.82. The van der Waals surface area contributed by atoms with E-state index in [2.05, 4.69) is 39.9 Å². The summed E-state index contributed by atoms with van der Waals surface area (Å²) in [6.07, 6.45) is 20.7. The van der Waals surface area contributed by atoms with Crippen LogP contribution < -0.4 is 11.1 Å². The van der Waals surface area contributed by atoms with Crippen LogP contribution >= 0.6 is 12.4 Å². The molecule has 3 N–H and O–H groups in total. The molecule has 0 aromatic carbocycles. The third-order valence-electron chi connectivity index (χ3n) is 6.08. The Kier molecular flexibility index (Phi) is 21.9. The maximum atomic E-state index is 12.4. The second kappa shape index (κ2) is 20.6. The highest BCUT2D eigenvalue weighted by Crippen LogP contribution is 2.26. The standard InChI is InChI=1S/C26H54N2O.ClH/c1-6-9-11-13-14-15-16-17-18-20-23(22-26(4,5)27)24(8-3)28-25(29)21-19-12-10-7-2;/h23-24H,6-22,27H2,1-5H3,(H,28,29);1H. The largest absolute Gasteiger partial charge is 0.353 e. The van der Waals surface area contributed by atoms with Crippen molar-refractivity contribution in [3.8, 4) is 0 Å². The van der Waals surface area contributed by atoms with Crippen molar-refractivity contribution < 1.29 is 4.79 Å². The van der Waals surface area contributed by atoms with Crippen LogP contribution in [-0.2, 0) is 4.79 Å². The minimum Gasteiger partial charge on any atom is -0.353 e. The number of rotatable bonds is 20. The number of hydrogen-bond donors (Lipinski definition) is 2. The summed E-state index contributed by atoms with van der Waals surface area (Å²) in [5.74, 6) is 0.726. The molecule has 2 atom stereocenters. The van der Waals surface area contributed by atoms with Crippen molar-refractivity contribution in [2.24, 2.45) is 11.7 Å².